The molecule has 0 saturated carbocycles. The van der Waals surface area contributed by atoms with Gasteiger partial charge in [-0.05, 0) is 23.8 Å². The molecule has 0 fully saturated rings. The fourth-order valence-electron chi connectivity index (χ4n) is 3.41. The average molecular weight is 480 g/mol. The summed E-state index contributed by atoms with van der Waals surface area (Å²) in [6, 6.07) is 12.6. The Kier molecular flexibility index (Phi) is 5.68. The van der Waals surface area contributed by atoms with E-state index in [0.717, 1.165) is 5.56 Å². The Labute approximate surface area is 197 Å². The number of halogens is 1. The molecule has 11 nitrogen and oxygen atoms in total. The Hall–Kier alpha value is -4.25. The molecule has 172 valence electrons. The number of benzene rings is 2. The molecule has 0 atom stereocenters. The molecule has 5 rings (SSSR count). The van der Waals surface area contributed by atoms with E-state index in [-0.39, 0.29) is 23.5 Å². The highest BCUT2D eigenvalue weighted by atomic mass is 35.5. The summed E-state index contributed by atoms with van der Waals surface area (Å²) in [5, 5.41) is 12.7. The van der Waals surface area contributed by atoms with Gasteiger partial charge in [0.2, 0.25) is 11.7 Å². The predicted molar refractivity (Wildman–Crippen MR) is 122 cm³/mol. The zero-order valence-corrected chi connectivity index (χ0v) is 18.9. The minimum atomic E-state index is -0.377. The van der Waals surface area contributed by atoms with Gasteiger partial charge in [-0.25, -0.2) is 9.67 Å². The number of ether oxygens (including phenoxy) is 2. The van der Waals surface area contributed by atoms with E-state index in [0.29, 0.717) is 40.1 Å². The molecule has 0 N–H and O–H groups in total. The third-order valence-corrected chi connectivity index (χ3v) is 5.52. The van der Waals surface area contributed by atoms with E-state index in [1.807, 2.05) is 18.2 Å². The van der Waals surface area contributed by atoms with E-state index in [2.05, 4.69) is 25.4 Å². The number of nitrogens with zero attached hydrogens (tertiary/aromatic N) is 7. The molecule has 0 aliphatic rings. The summed E-state index contributed by atoms with van der Waals surface area (Å²) in [6.07, 6.45) is 1.40. The van der Waals surface area contributed by atoms with Crippen LogP contribution < -0.4 is 15.0 Å². The molecular formula is C22H18ClN7O4. The van der Waals surface area contributed by atoms with Gasteiger partial charge in [-0.2, -0.15) is 4.98 Å². The summed E-state index contributed by atoms with van der Waals surface area (Å²) >= 11 is 6.23. The van der Waals surface area contributed by atoms with Crippen LogP contribution in [0, 0.1) is 0 Å². The second-order valence-electron chi connectivity index (χ2n) is 7.30. The van der Waals surface area contributed by atoms with Crippen LogP contribution in [0.2, 0.25) is 5.02 Å². The quantitative estimate of drug-likeness (QED) is 0.346. The highest BCUT2D eigenvalue weighted by Gasteiger charge is 2.16. The first kappa shape index (κ1) is 21.6. The predicted octanol–water partition coefficient (Wildman–Crippen LogP) is 2.81. The van der Waals surface area contributed by atoms with Gasteiger partial charge in [0.1, 0.15) is 24.4 Å². The van der Waals surface area contributed by atoms with Crippen molar-refractivity contribution in [2.45, 2.75) is 13.1 Å². The van der Waals surface area contributed by atoms with Crippen molar-refractivity contribution in [3.63, 3.8) is 0 Å². The number of fused-ring (bicyclic) bond motifs is 1. The highest BCUT2D eigenvalue weighted by molar-refractivity contribution is 6.31. The normalized spacial score (nSPS) is 11.1. The van der Waals surface area contributed by atoms with Crippen LogP contribution in [-0.2, 0) is 13.1 Å². The number of hydrogen-bond donors (Lipinski definition) is 0. The van der Waals surface area contributed by atoms with Crippen molar-refractivity contribution in [3.05, 3.63) is 75.6 Å². The van der Waals surface area contributed by atoms with E-state index < -0.39 is 0 Å². The van der Waals surface area contributed by atoms with Gasteiger partial charge < -0.3 is 14.0 Å². The molecule has 3 aromatic heterocycles. The van der Waals surface area contributed by atoms with Gasteiger partial charge in [0.15, 0.2) is 11.2 Å². The van der Waals surface area contributed by atoms with Gasteiger partial charge in [0.05, 0.1) is 20.8 Å². The molecule has 0 amide bonds. The van der Waals surface area contributed by atoms with Crippen LogP contribution in [0.25, 0.3) is 22.6 Å². The van der Waals surface area contributed by atoms with Crippen LogP contribution in [0.15, 0.2) is 58.1 Å². The van der Waals surface area contributed by atoms with E-state index >= 15 is 0 Å². The van der Waals surface area contributed by atoms with Crippen molar-refractivity contribution in [2.24, 2.45) is 0 Å². The number of rotatable bonds is 7. The molecule has 0 bridgehead atoms. The Morgan fingerprint density at radius 2 is 1.82 bits per heavy atom. The topological polar surface area (TPSA) is 123 Å². The summed E-state index contributed by atoms with van der Waals surface area (Å²) in [5.74, 6) is 1.74. The highest BCUT2D eigenvalue weighted by Crippen LogP contribution is 2.28. The summed E-state index contributed by atoms with van der Waals surface area (Å²) in [4.78, 5) is 21.7. The third kappa shape index (κ3) is 4.08. The third-order valence-electron chi connectivity index (χ3n) is 5.15. The number of aromatic nitrogens is 7. The molecule has 0 radical (unpaired) electrons. The van der Waals surface area contributed by atoms with Gasteiger partial charge in [-0.3, -0.25) is 9.36 Å². The maximum absolute atomic E-state index is 13.0. The second kappa shape index (κ2) is 8.94. The monoisotopic (exact) mass is 479 g/mol. The molecule has 5 aromatic rings. The van der Waals surface area contributed by atoms with Crippen LogP contribution in [0.1, 0.15) is 11.5 Å². The molecule has 2 aromatic carbocycles. The fourth-order valence-corrected chi connectivity index (χ4v) is 3.61. The minimum absolute atomic E-state index is 0.0211. The smallest absolute Gasteiger partial charge is 0.283 e. The van der Waals surface area contributed by atoms with Crippen LogP contribution in [-0.4, -0.2) is 48.9 Å². The standard InChI is InChI=1S/C22H18ClN7O4/c1-32-15-7-14(8-16(9-15)33-2)20-25-18(34-27-20)11-29-12-24-21-19(22(29)31)26-28-30(21)10-13-5-3-4-6-17(13)23/h3-9,12H,10-11H2,1-2H3. The first-order valence-corrected chi connectivity index (χ1v) is 10.5. The molecule has 0 saturated heterocycles. The molecule has 0 spiro atoms. The van der Waals surface area contributed by atoms with Crippen molar-refractivity contribution in [1.82, 2.24) is 34.7 Å². The summed E-state index contributed by atoms with van der Waals surface area (Å²) < 4.78 is 18.8. The summed E-state index contributed by atoms with van der Waals surface area (Å²) in [5.41, 5.74) is 1.60. The molecule has 34 heavy (non-hydrogen) atoms. The van der Waals surface area contributed by atoms with Crippen molar-refractivity contribution in [1.29, 1.82) is 0 Å². The lowest BCUT2D eigenvalue weighted by atomic mass is 10.2. The van der Waals surface area contributed by atoms with Crippen LogP contribution in [0.4, 0.5) is 0 Å². The zero-order valence-electron chi connectivity index (χ0n) is 18.2. The van der Waals surface area contributed by atoms with Crippen LogP contribution in [0.5, 0.6) is 11.5 Å². The molecule has 3 heterocycles. The lowest BCUT2D eigenvalue weighted by molar-refractivity contribution is 0.369. The summed E-state index contributed by atoms with van der Waals surface area (Å²) in [6.45, 7) is 0.358. The summed E-state index contributed by atoms with van der Waals surface area (Å²) in [7, 11) is 3.11. The fraction of sp³-hybridized carbons (Fsp3) is 0.182. The lowest BCUT2D eigenvalue weighted by Crippen LogP contribution is -2.21. The lowest BCUT2D eigenvalue weighted by Gasteiger charge is -2.05. The van der Waals surface area contributed by atoms with Gasteiger partial charge in [0, 0.05) is 16.7 Å². The first-order chi connectivity index (χ1) is 16.6. The van der Waals surface area contributed by atoms with Crippen LogP contribution >= 0.6 is 11.6 Å². The zero-order chi connectivity index (χ0) is 23.7. The van der Waals surface area contributed by atoms with E-state index in [4.69, 9.17) is 25.6 Å². The minimum Gasteiger partial charge on any atom is -0.497 e. The van der Waals surface area contributed by atoms with Crippen LogP contribution in [0.3, 0.4) is 0 Å². The first-order valence-electron chi connectivity index (χ1n) is 10.1. The Morgan fingerprint density at radius 1 is 1.06 bits per heavy atom. The average Bonchev–Trinajstić information content (AvgIpc) is 3.49. The van der Waals surface area contributed by atoms with E-state index in [1.165, 1.54) is 15.6 Å². The molecule has 0 aliphatic carbocycles. The van der Waals surface area contributed by atoms with Gasteiger partial charge in [-0.15, -0.1) is 5.10 Å². The van der Waals surface area contributed by atoms with Crippen molar-refractivity contribution >= 4 is 22.8 Å². The van der Waals surface area contributed by atoms with Gasteiger partial charge in [-0.1, -0.05) is 40.2 Å². The second-order valence-corrected chi connectivity index (χ2v) is 7.71. The molecule has 0 aliphatic heterocycles. The maximum atomic E-state index is 13.0. The SMILES string of the molecule is COc1cc(OC)cc(-c2noc(Cn3cnc4c(nnn4Cc4ccccc4Cl)c3=O)n2)c1. The van der Waals surface area contributed by atoms with Gasteiger partial charge >= 0.3 is 0 Å². The van der Waals surface area contributed by atoms with E-state index in [1.54, 1.807) is 38.5 Å². The van der Waals surface area contributed by atoms with Crippen molar-refractivity contribution < 1.29 is 14.0 Å². The Morgan fingerprint density at radius 3 is 2.56 bits per heavy atom. The molecule has 12 heteroatoms. The van der Waals surface area contributed by atoms with Crippen molar-refractivity contribution in [3.8, 4) is 22.9 Å². The Bertz CT molecular complexity index is 1520. The maximum Gasteiger partial charge on any atom is 0.283 e. The van der Waals surface area contributed by atoms with Crippen molar-refractivity contribution in [2.75, 3.05) is 14.2 Å². The Balaban J connectivity index is 1.41. The van der Waals surface area contributed by atoms with E-state index in [9.17, 15) is 4.79 Å². The largest absolute Gasteiger partial charge is 0.497 e. The number of methoxy groups -OCH3 is 2. The molecular weight excluding hydrogens is 462 g/mol. The molecule has 0 unspecified atom stereocenters. The van der Waals surface area contributed by atoms with Gasteiger partial charge in [0.25, 0.3) is 5.56 Å². The number of hydrogen-bond acceptors (Lipinski definition) is 9.